The molecule has 2 aromatic heterocycles. The molecule has 4 nitrogen and oxygen atoms in total. The number of aromatic hydroxyl groups is 1. The number of para-hydroxylation sites is 2. The van der Waals surface area contributed by atoms with Crippen LogP contribution in [0.5, 0.6) is 5.75 Å². The van der Waals surface area contributed by atoms with Gasteiger partial charge in [-0.3, -0.25) is 4.79 Å². The van der Waals surface area contributed by atoms with E-state index in [1.54, 1.807) is 18.2 Å². The third-order valence-corrected chi connectivity index (χ3v) is 3.77. The normalized spacial score (nSPS) is 11.1. The Labute approximate surface area is 126 Å². The van der Waals surface area contributed by atoms with Crippen molar-refractivity contribution in [1.82, 2.24) is 9.97 Å². The zero-order chi connectivity index (χ0) is 15.1. The van der Waals surface area contributed by atoms with Crippen LogP contribution in [-0.2, 0) is 0 Å². The molecule has 4 aromatic rings. The average molecular weight is 288 g/mol. The Morgan fingerprint density at radius 3 is 2.64 bits per heavy atom. The summed E-state index contributed by atoms with van der Waals surface area (Å²) in [6, 6.07) is 16.2. The summed E-state index contributed by atoms with van der Waals surface area (Å²) >= 11 is 0. The van der Waals surface area contributed by atoms with E-state index in [0.29, 0.717) is 5.56 Å². The summed E-state index contributed by atoms with van der Waals surface area (Å²) in [4.78, 5) is 20.1. The first kappa shape index (κ1) is 12.6. The number of pyridine rings is 1. The second kappa shape index (κ2) is 4.70. The number of aromatic amines is 1. The molecule has 0 aliphatic carbocycles. The number of aromatic nitrogens is 2. The number of carbonyl (C=O) groups is 1. The van der Waals surface area contributed by atoms with Gasteiger partial charge < -0.3 is 10.1 Å². The van der Waals surface area contributed by atoms with Crippen molar-refractivity contribution in [1.29, 1.82) is 0 Å². The minimum Gasteiger partial charge on any atom is -0.507 e. The van der Waals surface area contributed by atoms with Gasteiger partial charge in [0.1, 0.15) is 11.4 Å². The summed E-state index contributed by atoms with van der Waals surface area (Å²) in [5.41, 5.74) is 2.47. The van der Waals surface area contributed by atoms with Crippen LogP contribution in [0.3, 0.4) is 0 Å². The summed E-state index contributed by atoms with van der Waals surface area (Å²) in [7, 11) is 0. The lowest BCUT2D eigenvalue weighted by Crippen LogP contribution is -2.02. The summed E-state index contributed by atoms with van der Waals surface area (Å²) < 4.78 is 0. The fraction of sp³-hybridized carbons (Fsp3) is 0. The van der Waals surface area contributed by atoms with Crippen LogP contribution in [0.2, 0.25) is 0 Å². The lowest BCUT2D eigenvalue weighted by atomic mass is 10.0. The van der Waals surface area contributed by atoms with Crippen molar-refractivity contribution in [3.8, 4) is 5.75 Å². The molecule has 0 atom stereocenters. The topological polar surface area (TPSA) is 66.0 Å². The van der Waals surface area contributed by atoms with Gasteiger partial charge in [-0.25, -0.2) is 4.98 Å². The minimum absolute atomic E-state index is 0.0217. The maximum atomic E-state index is 12.6. The van der Waals surface area contributed by atoms with Crippen molar-refractivity contribution in [2.75, 3.05) is 0 Å². The number of carbonyl (C=O) groups excluding carboxylic acids is 1. The SMILES string of the molecule is O=C(c1cnc2[nH]c3ccccc3c2c1)c1ccccc1O. The van der Waals surface area contributed by atoms with Gasteiger partial charge in [-0.2, -0.15) is 0 Å². The Bertz CT molecular complexity index is 1020. The van der Waals surface area contributed by atoms with Crippen molar-refractivity contribution in [2.24, 2.45) is 0 Å². The smallest absolute Gasteiger partial charge is 0.198 e. The average Bonchev–Trinajstić information content (AvgIpc) is 2.92. The number of hydrogen-bond acceptors (Lipinski definition) is 3. The second-order valence-electron chi connectivity index (χ2n) is 5.14. The molecule has 4 rings (SSSR count). The number of ketones is 1. The van der Waals surface area contributed by atoms with Gasteiger partial charge in [0.25, 0.3) is 0 Å². The zero-order valence-corrected chi connectivity index (χ0v) is 11.6. The van der Waals surface area contributed by atoms with Gasteiger partial charge >= 0.3 is 0 Å². The first-order valence-electron chi connectivity index (χ1n) is 6.93. The number of fused-ring (bicyclic) bond motifs is 3. The minimum atomic E-state index is -0.238. The van der Waals surface area contributed by atoms with Crippen LogP contribution in [0.1, 0.15) is 15.9 Å². The summed E-state index contributed by atoms with van der Waals surface area (Å²) in [6.07, 6.45) is 1.53. The number of phenolic OH excluding ortho intramolecular Hbond substituents is 1. The van der Waals surface area contributed by atoms with E-state index in [1.807, 2.05) is 30.3 Å². The van der Waals surface area contributed by atoms with Gasteiger partial charge in [0.05, 0.1) is 5.56 Å². The van der Waals surface area contributed by atoms with Gasteiger partial charge in [-0.15, -0.1) is 0 Å². The van der Waals surface area contributed by atoms with E-state index in [9.17, 15) is 9.90 Å². The molecule has 0 unspecified atom stereocenters. The first-order chi connectivity index (χ1) is 10.7. The molecule has 0 amide bonds. The van der Waals surface area contributed by atoms with Crippen LogP contribution in [0.4, 0.5) is 0 Å². The van der Waals surface area contributed by atoms with E-state index in [1.165, 1.54) is 12.3 Å². The van der Waals surface area contributed by atoms with Crippen LogP contribution in [0, 0.1) is 0 Å². The maximum absolute atomic E-state index is 12.6. The molecule has 22 heavy (non-hydrogen) atoms. The predicted octanol–water partition coefficient (Wildman–Crippen LogP) is 3.65. The summed E-state index contributed by atoms with van der Waals surface area (Å²) in [6.45, 7) is 0. The molecule has 0 saturated carbocycles. The number of nitrogens with one attached hydrogen (secondary N) is 1. The Hall–Kier alpha value is -3.14. The van der Waals surface area contributed by atoms with Crippen LogP contribution in [-0.4, -0.2) is 20.9 Å². The number of rotatable bonds is 2. The quantitative estimate of drug-likeness (QED) is 0.553. The number of benzene rings is 2. The highest BCUT2D eigenvalue weighted by Gasteiger charge is 2.15. The standard InChI is InChI=1S/C18H12N2O2/c21-16-8-4-2-6-13(16)17(22)11-9-14-12-5-1-3-7-15(12)20-18(14)19-10-11/h1-10,21H,(H,19,20). The fourth-order valence-corrected chi connectivity index (χ4v) is 2.67. The van der Waals surface area contributed by atoms with Crippen molar-refractivity contribution in [3.05, 3.63) is 71.9 Å². The lowest BCUT2D eigenvalue weighted by Gasteiger charge is -2.03. The van der Waals surface area contributed by atoms with Crippen molar-refractivity contribution in [2.45, 2.75) is 0 Å². The molecule has 4 heteroatoms. The molecular formula is C18H12N2O2. The van der Waals surface area contributed by atoms with E-state index in [4.69, 9.17) is 0 Å². The largest absolute Gasteiger partial charge is 0.507 e. The highest BCUT2D eigenvalue weighted by atomic mass is 16.3. The van der Waals surface area contributed by atoms with Gasteiger partial charge in [0, 0.05) is 28.0 Å². The molecule has 106 valence electrons. The molecule has 0 aliphatic heterocycles. The molecule has 2 aromatic carbocycles. The molecule has 0 bridgehead atoms. The molecule has 0 fully saturated rings. The third-order valence-electron chi connectivity index (χ3n) is 3.77. The molecule has 2 heterocycles. The van der Waals surface area contributed by atoms with Gasteiger partial charge in [-0.05, 0) is 24.3 Å². The molecular weight excluding hydrogens is 276 g/mol. The number of H-pyrrole nitrogens is 1. The lowest BCUT2D eigenvalue weighted by molar-refractivity contribution is 0.103. The first-order valence-corrected chi connectivity index (χ1v) is 6.93. The van der Waals surface area contributed by atoms with Crippen LogP contribution in [0.15, 0.2) is 60.8 Å². The number of hydrogen-bond donors (Lipinski definition) is 2. The van der Waals surface area contributed by atoms with E-state index < -0.39 is 0 Å². The predicted molar refractivity (Wildman–Crippen MR) is 85.1 cm³/mol. The van der Waals surface area contributed by atoms with E-state index >= 15 is 0 Å². The van der Waals surface area contributed by atoms with Crippen molar-refractivity contribution >= 4 is 27.7 Å². The Kier molecular flexibility index (Phi) is 2.69. The monoisotopic (exact) mass is 288 g/mol. The summed E-state index contributed by atoms with van der Waals surface area (Å²) in [5.74, 6) is -0.260. The van der Waals surface area contributed by atoms with E-state index in [-0.39, 0.29) is 17.1 Å². The highest BCUT2D eigenvalue weighted by molar-refractivity contribution is 6.14. The maximum Gasteiger partial charge on any atom is 0.198 e. The van der Waals surface area contributed by atoms with Crippen molar-refractivity contribution < 1.29 is 9.90 Å². The fourth-order valence-electron chi connectivity index (χ4n) is 2.67. The van der Waals surface area contributed by atoms with Crippen LogP contribution < -0.4 is 0 Å². The van der Waals surface area contributed by atoms with Crippen LogP contribution in [0.25, 0.3) is 21.9 Å². The Balaban J connectivity index is 1.91. The van der Waals surface area contributed by atoms with E-state index in [2.05, 4.69) is 9.97 Å². The molecule has 0 radical (unpaired) electrons. The van der Waals surface area contributed by atoms with Gasteiger partial charge in [0.2, 0.25) is 0 Å². The summed E-state index contributed by atoms with van der Waals surface area (Å²) in [5, 5.41) is 11.8. The molecule has 0 saturated heterocycles. The molecule has 2 N–H and O–H groups in total. The third kappa shape index (κ3) is 1.85. The molecule has 0 aliphatic rings. The van der Waals surface area contributed by atoms with Gasteiger partial charge in [-0.1, -0.05) is 30.3 Å². The Morgan fingerprint density at radius 2 is 1.77 bits per heavy atom. The number of phenols is 1. The zero-order valence-electron chi connectivity index (χ0n) is 11.6. The Morgan fingerprint density at radius 1 is 1.00 bits per heavy atom. The van der Waals surface area contributed by atoms with E-state index in [0.717, 1.165) is 21.9 Å². The van der Waals surface area contributed by atoms with Crippen molar-refractivity contribution in [3.63, 3.8) is 0 Å². The highest BCUT2D eigenvalue weighted by Crippen LogP contribution is 2.26. The van der Waals surface area contributed by atoms with Gasteiger partial charge in [0.15, 0.2) is 5.78 Å². The second-order valence-corrected chi connectivity index (χ2v) is 5.14. The number of nitrogens with zero attached hydrogens (tertiary/aromatic N) is 1. The molecule has 0 spiro atoms. The van der Waals surface area contributed by atoms with Crippen LogP contribution >= 0.6 is 0 Å².